The highest BCUT2D eigenvalue weighted by molar-refractivity contribution is 6.06. The minimum atomic E-state index is -0.601. The predicted octanol–water partition coefficient (Wildman–Crippen LogP) is 7.69. The summed E-state index contributed by atoms with van der Waals surface area (Å²) in [6, 6.07) is 19.2. The summed E-state index contributed by atoms with van der Waals surface area (Å²) in [6.45, 7) is 17.3. The number of rotatable bonds is 11. The van der Waals surface area contributed by atoms with Crippen LogP contribution in [0.4, 0.5) is 5.69 Å². The van der Waals surface area contributed by atoms with E-state index in [1.165, 1.54) is 0 Å². The first-order chi connectivity index (χ1) is 29.0. The number of ketones is 3. The van der Waals surface area contributed by atoms with E-state index in [1.54, 1.807) is 12.1 Å². The lowest BCUT2D eigenvalue weighted by atomic mass is 9.44. The standard InChI is InChI=1S/C51H61N3O7/c1-8-42-32(2)25-40(26-33(42)3)61-48-49(4,5)46(50(48,6)7)30-44(56)34-9-13-36(14-10-34)53-21-19-51(20-22-53)31-54(23-24-59-51)37-27-41(28-37)60-39-16-11-35(12-17-39)47(58)52-43-18-15-38(55)29-45(43)57/h1,9-14,16-17,25-26,37,41,43,46,48H,15,18-24,27-31H2,2-7H3,(H,52,58). The molecule has 2 aliphatic heterocycles. The van der Waals surface area contributed by atoms with Gasteiger partial charge in [0, 0.05) is 91.1 Å². The first kappa shape index (κ1) is 42.7. The Morgan fingerprint density at radius 1 is 0.869 bits per heavy atom. The van der Waals surface area contributed by atoms with Gasteiger partial charge in [-0.15, -0.1) is 6.42 Å². The molecule has 3 aliphatic carbocycles. The van der Waals surface area contributed by atoms with E-state index >= 15 is 0 Å². The normalized spacial score (nSPS) is 26.7. The Morgan fingerprint density at radius 3 is 2.13 bits per heavy atom. The third-order valence-corrected chi connectivity index (χ3v) is 14.7. The number of nitrogens with zero attached hydrogens (tertiary/aromatic N) is 2. The third kappa shape index (κ3) is 8.61. The van der Waals surface area contributed by atoms with Gasteiger partial charge in [0.15, 0.2) is 11.6 Å². The quantitative estimate of drug-likeness (QED) is 0.118. The van der Waals surface area contributed by atoms with Crippen molar-refractivity contribution in [1.29, 1.82) is 0 Å². The molecule has 1 unspecified atom stereocenters. The second-order valence-corrected chi connectivity index (χ2v) is 19.6. The van der Waals surface area contributed by atoms with Crippen LogP contribution in [-0.2, 0) is 14.3 Å². The van der Waals surface area contributed by atoms with Crippen molar-refractivity contribution >= 4 is 28.9 Å². The maximum absolute atomic E-state index is 13.7. The highest BCUT2D eigenvalue weighted by atomic mass is 16.5. The van der Waals surface area contributed by atoms with E-state index in [0.29, 0.717) is 30.9 Å². The Morgan fingerprint density at radius 2 is 1.51 bits per heavy atom. The summed E-state index contributed by atoms with van der Waals surface area (Å²) >= 11 is 0. The van der Waals surface area contributed by atoms with Gasteiger partial charge in [-0.25, -0.2) is 0 Å². The molecule has 1 spiro atoms. The van der Waals surface area contributed by atoms with E-state index in [0.717, 1.165) is 97.9 Å². The van der Waals surface area contributed by atoms with E-state index in [2.05, 4.69) is 60.9 Å². The number of benzene rings is 3. The summed E-state index contributed by atoms with van der Waals surface area (Å²) in [5, 5.41) is 2.78. The molecule has 1 atom stereocenters. The van der Waals surface area contributed by atoms with E-state index in [9.17, 15) is 19.2 Å². The molecule has 10 nitrogen and oxygen atoms in total. The van der Waals surface area contributed by atoms with Crippen molar-refractivity contribution in [2.24, 2.45) is 16.7 Å². The van der Waals surface area contributed by atoms with Gasteiger partial charge in [-0.1, -0.05) is 33.6 Å². The van der Waals surface area contributed by atoms with Gasteiger partial charge in [-0.2, -0.15) is 0 Å². The van der Waals surface area contributed by atoms with Crippen LogP contribution >= 0.6 is 0 Å². The molecule has 10 heteroatoms. The summed E-state index contributed by atoms with van der Waals surface area (Å²) in [4.78, 5) is 55.1. The number of amides is 1. The number of piperidine rings is 1. The number of hydrogen-bond acceptors (Lipinski definition) is 9. The minimum Gasteiger partial charge on any atom is -0.490 e. The lowest BCUT2D eigenvalue weighted by molar-refractivity contribution is -0.196. The van der Waals surface area contributed by atoms with Crippen LogP contribution in [0.1, 0.15) is 116 Å². The van der Waals surface area contributed by atoms with Crippen LogP contribution in [0.5, 0.6) is 11.5 Å². The number of terminal acetylenes is 1. The number of anilines is 1. The van der Waals surface area contributed by atoms with Gasteiger partial charge in [0.2, 0.25) is 0 Å². The second-order valence-electron chi connectivity index (χ2n) is 19.6. The molecule has 322 valence electrons. The SMILES string of the molecule is C#Cc1c(C)cc(OC2C(C)(C)C(CC(=O)c3ccc(N4CCC5(CC4)CN(C4CC(Oc6ccc(C(=O)NC7CCC(=O)CC7=O)cc6)C4)CCO5)cc3)C2(C)C)cc1C. The molecule has 2 heterocycles. The van der Waals surface area contributed by atoms with Gasteiger partial charge in [-0.05, 0) is 111 Å². The largest absolute Gasteiger partial charge is 0.490 e. The Balaban J connectivity index is 0.781. The molecule has 5 aliphatic rings. The van der Waals surface area contributed by atoms with Gasteiger partial charge in [0.25, 0.3) is 5.91 Å². The van der Waals surface area contributed by atoms with Gasteiger partial charge in [0.1, 0.15) is 29.5 Å². The summed E-state index contributed by atoms with van der Waals surface area (Å²) in [5.41, 5.74) is 4.84. The molecule has 0 bridgehead atoms. The van der Waals surface area contributed by atoms with Crippen molar-refractivity contribution in [1.82, 2.24) is 10.2 Å². The maximum Gasteiger partial charge on any atom is 0.251 e. The molecule has 61 heavy (non-hydrogen) atoms. The Hall–Kier alpha value is -4.98. The van der Waals surface area contributed by atoms with E-state index in [-0.39, 0.29) is 64.2 Å². The number of aryl methyl sites for hydroxylation is 2. The smallest absolute Gasteiger partial charge is 0.251 e. The molecule has 2 saturated heterocycles. The van der Waals surface area contributed by atoms with Crippen LogP contribution in [0.3, 0.4) is 0 Å². The average molecular weight is 828 g/mol. The minimum absolute atomic E-state index is 0.0328. The van der Waals surface area contributed by atoms with Crippen LogP contribution in [0.2, 0.25) is 0 Å². The fourth-order valence-electron chi connectivity index (χ4n) is 11.3. The fourth-order valence-corrected chi connectivity index (χ4v) is 11.3. The molecular formula is C51H61N3O7. The van der Waals surface area contributed by atoms with Gasteiger partial charge >= 0.3 is 0 Å². The molecular weight excluding hydrogens is 767 g/mol. The highest BCUT2D eigenvalue weighted by Crippen LogP contribution is 2.62. The van der Waals surface area contributed by atoms with E-state index in [1.807, 2.05) is 50.2 Å². The molecule has 5 fully saturated rings. The summed E-state index contributed by atoms with van der Waals surface area (Å²) in [5.74, 6) is 4.09. The van der Waals surface area contributed by atoms with Crippen molar-refractivity contribution in [2.45, 2.75) is 123 Å². The summed E-state index contributed by atoms with van der Waals surface area (Å²) in [6.07, 6.45) is 10.7. The van der Waals surface area contributed by atoms with Gasteiger partial charge in [-0.3, -0.25) is 24.1 Å². The predicted molar refractivity (Wildman–Crippen MR) is 235 cm³/mol. The van der Waals surface area contributed by atoms with Crippen molar-refractivity contribution < 1.29 is 33.4 Å². The number of carbonyl (C=O) groups is 4. The number of Topliss-reactive ketones (excluding diaryl/α,β-unsaturated/α-hetero) is 3. The number of carbonyl (C=O) groups excluding carboxylic acids is 4. The van der Waals surface area contributed by atoms with E-state index < -0.39 is 6.04 Å². The Labute approximate surface area is 361 Å². The highest BCUT2D eigenvalue weighted by Gasteiger charge is 2.63. The zero-order chi connectivity index (χ0) is 43.3. The first-order valence-electron chi connectivity index (χ1n) is 22.2. The second kappa shape index (κ2) is 16.7. The Kier molecular flexibility index (Phi) is 11.7. The van der Waals surface area contributed by atoms with Crippen LogP contribution in [0.15, 0.2) is 60.7 Å². The molecule has 1 N–H and O–H groups in total. The van der Waals surface area contributed by atoms with E-state index in [4.69, 9.17) is 20.6 Å². The average Bonchev–Trinajstić information content (AvgIpc) is 3.21. The number of ether oxygens (including phenoxy) is 3. The number of nitrogens with one attached hydrogen (secondary N) is 1. The lowest BCUT2D eigenvalue weighted by Crippen LogP contribution is -2.66. The van der Waals surface area contributed by atoms with Crippen LogP contribution in [0, 0.1) is 42.9 Å². The molecule has 0 radical (unpaired) electrons. The van der Waals surface area contributed by atoms with Crippen LogP contribution in [0.25, 0.3) is 0 Å². The number of hydrogen-bond donors (Lipinski definition) is 1. The van der Waals surface area contributed by atoms with Gasteiger partial charge < -0.3 is 24.4 Å². The molecule has 3 aromatic carbocycles. The topological polar surface area (TPSA) is 114 Å². The van der Waals surface area contributed by atoms with Crippen molar-refractivity contribution in [2.75, 3.05) is 37.7 Å². The van der Waals surface area contributed by atoms with Crippen molar-refractivity contribution in [3.63, 3.8) is 0 Å². The van der Waals surface area contributed by atoms with Crippen molar-refractivity contribution in [3.8, 4) is 23.8 Å². The molecule has 0 aromatic heterocycles. The zero-order valence-electron chi connectivity index (χ0n) is 36.7. The monoisotopic (exact) mass is 827 g/mol. The summed E-state index contributed by atoms with van der Waals surface area (Å²) in [7, 11) is 0. The first-order valence-corrected chi connectivity index (χ1v) is 22.2. The summed E-state index contributed by atoms with van der Waals surface area (Å²) < 4.78 is 19.4. The van der Waals surface area contributed by atoms with Crippen LogP contribution < -0.4 is 19.7 Å². The molecule has 3 saturated carbocycles. The third-order valence-electron chi connectivity index (χ3n) is 14.7. The molecule has 3 aromatic rings. The number of morpholine rings is 1. The van der Waals surface area contributed by atoms with Crippen LogP contribution in [-0.4, -0.2) is 90.8 Å². The lowest BCUT2D eigenvalue weighted by Gasteiger charge is -2.63. The fraction of sp³-hybridized carbons (Fsp3) is 0.529. The molecule has 1 amide bonds. The van der Waals surface area contributed by atoms with Crippen molar-refractivity contribution in [3.05, 3.63) is 88.5 Å². The Bertz CT molecular complexity index is 2170. The van der Waals surface area contributed by atoms with Gasteiger partial charge in [0.05, 0.1) is 24.7 Å². The molecule has 8 rings (SSSR count). The zero-order valence-corrected chi connectivity index (χ0v) is 36.7. The maximum atomic E-state index is 13.7.